The Morgan fingerprint density at radius 3 is 2.77 bits per heavy atom. The number of rotatable bonds is 4. The molecule has 5 aromatic rings. The predicted molar refractivity (Wildman–Crippen MR) is 172 cm³/mol. The third-order valence-electron chi connectivity index (χ3n) is 8.80. The second-order valence-corrected chi connectivity index (χ2v) is 12.2. The molecule has 2 aliphatic rings. The summed E-state index contributed by atoms with van der Waals surface area (Å²) in [5, 5.41) is 18.3. The molecule has 4 bridgehead atoms. The molecular formula is C34H30F2N10O2. The summed E-state index contributed by atoms with van der Waals surface area (Å²) < 4.78 is 35.1. The minimum atomic E-state index is -0.815. The summed E-state index contributed by atoms with van der Waals surface area (Å²) >= 11 is 0. The Balaban J connectivity index is 1.55. The summed E-state index contributed by atoms with van der Waals surface area (Å²) in [6.45, 7) is 8.30. The number of carbonyl (C=O) groups is 1. The molecular weight excluding hydrogens is 618 g/mol. The van der Waals surface area contributed by atoms with Gasteiger partial charge in [-0.05, 0) is 35.8 Å². The first-order chi connectivity index (χ1) is 23.2. The monoisotopic (exact) mass is 648 g/mol. The van der Waals surface area contributed by atoms with E-state index in [1.165, 1.54) is 22.8 Å². The number of hydrogen-bond donors (Lipinski definition) is 0. The lowest BCUT2D eigenvalue weighted by Gasteiger charge is -2.41. The molecule has 1 unspecified atom stereocenters. The van der Waals surface area contributed by atoms with Crippen LogP contribution < -0.4 is 10.6 Å². The zero-order chi connectivity index (χ0) is 33.7. The summed E-state index contributed by atoms with van der Waals surface area (Å²) in [7, 11) is 0. The van der Waals surface area contributed by atoms with Crippen LogP contribution in [0.3, 0.4) is 0 Å². The highest BCUT2D eigenvalue weighted by atomic mass is 19.1. The van der Waals surface area contributed by atoms with E-state index in [0.29, 0.717) is 28.2 Å². The molecule has 1 fully saturated rings. The molecule has 1 atom stereocenters. The lowest BCUT2D eigenvalue weighted by Crippen LogP contribution is -2.55. The van der Waals surface area contributed by atoms with E-state index in [1.807, 2.05) is 13.8 Å². The van der Waals surface area contributed by atoms with E-state index in [2.05, 4.69) is 32.9 Å². The van der Waals surface area contributed by atoms with Crippen LogP contribution in [-0.4, -0.2) is 71.0 Å². The number of halogens is 2. The minimum absolute atomic E-state index is 0.0263. The maximum absolute atomic E-state index is 16.4. The van der Waals surface area contributed by atoms with Gasteiger partial charge in [-0.1, -0.05) is 37.8 Å². The Labute approximate surface area is 273 Å². The van der Waals surface area contributed by atoms with Gasteiger partial charge in [0.1, 0.15) is 23.1 Å². The smallest absolute Gasteiger partial charge is 0.352 e. The number of carbonyl (C=O) groups excluding carboxylic acids is 1. The standard InChI is InChI=1S/C34H30F2N10O2/c1-4-27(47)45-13-12-43(18-23(45)8-10-37)32-24-15-26(36)30-28-20(6-5-7-25(28)35)14-22-17-44(42-41-22)16-21-9-11-38-29(19(2)3)31(21)46(33(24)39-30)34(48)40-32/h4-7,9,11,15,17,19,23H,1,8,12-14,16,18H2,2-3H3. The average Bonchev–Trinajstić information content (AvgIpc) is 3.51. The number of aromatic nitrogens is 7. The minimum Gasteiger partial charge on any atom is -0.352 e. The quantitative estimate of drug-likeness (QED) is 0.261. The number of benzene rings is 1. The second-order valence-electron chi connectivity index (χ2n) is 12.2. The van der Waals surface area contributed by atoms with Crippen molar-refractivity contribution in [1.29, 1.82) is 5.26 Å². The summed E-state index contributed by atoms with van der Waals surface area (Å²) in [5.41, 5.74) is 1.68. The van der Waals surface area contributed by atoms with Gasteiger partial charge in [0.25, 0.3) is 0 Å². The van der Waals surface area contributed by atoms with Crippen LogP contribution in [-0.2, 0) is 17.8 Å². The Kier molecular flexibility index (Phi) is 7.74. The predicted octanol–water partition coefficient (Wildman–Crippen LogP) is 3.91. The largest absolute Gasteiger partial charge is 0.355 e. The lowest BCUT2D eigenvalue weighted by atomic mass is 9.98. The molecule has 12 nitrogen and oxygen atoms in total. The van der Waals surface area contributed by atoms with Crippen LogP contribution in [0, 0.1) is 23.0 Å². The molecule has 48 heavy (non-hydrogen) atoms. The van der Waals surface area contributed by atoms with Crippen molar-refractivity contribution < 1.29 is 13.6 Å². The van der Waals surface area contributed by atoms with Crippen LogP contribution in [0.1, 0.15) is 48.7 Å². The fraction of sp³-hybridized carbons (Fsp3) is 0.294. The van der Waals surface area contributed by atoms with Crippen molar-refractivity contribution in [2.75, 3.05) is 24.5 Å². The van der Waals surface area contributed by atoms with Crippen molar-refractivity contribution in [2.45, 2.75) is 45.2 Å². The average molecular weight is 649 g/mol. The van der Waals surface area contributed by atoms with Crippen LogP contribution in [0.4, 0.5) is 14.6 Å². The van der Waals surface area contributed by atoms with E-state index in [0.717, 1.165) is 0 Å². The van der Waals surface area contributed by atoms with Gasteiger partial charge >= 0.3 is 5.69 Å². The van der Waals surface area contributed by atoms with Gasteiger partial charge in [0, 0.05) is 49.6 Å². The molecule has 1 amide bonds. The van der Waals surface area contributed by atoms with Gasteiger partial charge in [-0.3, -0.25) is 9.78 Å². The van der Waals surface area contributed by atoms with Gasteiger partial charge in [0.05, 0.1) is 47.5 Å². The molecule has 0 aliphatic carbocycles. The summed E-state index contributed by atoms with van der Waals surface area (Å²) in [6, 6.07) is 9.05. The maximum atomic E-state index is 16.4. The Morgan fingerprint density at radius 2 is 2.00 bits per heavy atom. The van der Waals surface area contributed by atoms with Crippen molar-refractivity contribution in [2.24, 2.45) is 0 Å². The number of nitrogens with zero attached hydrogens (tertiary/aromatic N) is 10. The number of amides is 1. The molecule has 0 saturated carbocycles. The van der Waals surface area contributed by atoms with Crippen molar-refractivity contribution in [3.63, 3.8) is 0 Å². The van der Waals surface area contributed by atoms with Crippen molar-refractivity contribution in [3.8, 4) is 23.0 Å². The first-order valence-corrected chi connectivity index (χ1v) is 15.5. The first-order valence-electron chi connectivity index (χ1n) is 15.5. The van der Waals surface area contributed by atoms with Gasteiger partial charge in [-0.15, -0.1) is 5.10 Å². The summed E-state index contributed by atoms with van der Waals surface area (Å²) in [6.07, 6.45) is 4.77. The number of hydrogen-bond acceptors (Lipinski definition) is 9. The number of nitriles is 1. The molecule has 14 heteroatoms. The SMILES string of the molecule is C=CC(=O)N1CCN(c2nc(=O)n3c4nc(c(F)cc24)-c2c(F)cccc2Cc2cn(nn2)Cc2ccnc(C(C)C)c2-3)CC1CC#N. The van der Waals surface area contributed by atoms with Gasteiger partial charge in [0.2, 0.25) is 5.91 Å². The number of anilines is 1. The van der Waals surface area contributed by atoms with Crippen molar-refractivity contribution in [1.82, 2.24) is 39.4 Å². The molecule has 2 aliphatic heterocycles. The molecule has 0 radical (unpaired) electrons. The second kappa shape index (κ2) is 12.1. The highest BCUT2D eigenvalue weighted by molar-refractivity contribution is 5.91. The molecule has 6 heterocycles. The van der Waals surface area contributed by atoms with E-state index in [9.17, 15) is 14.9 Å². The molecule has 0 N–H and O–H groups in total. The number of pyridine rings is 2. The van der Waals surface area contributed by atoms with E-state index in [-0.39, 0.29) is 79.0 Å². The van der Waals surface area contributed by atoms with Gasteiger partial charge in [-0.25, -0.2) is 27.8 Å². The van der Waals surface area contributed by atoms with Gasteiger partial charge in [0.15, 0.2) is 5.65 Å². The van der Waals surface area contributed by atoms with Crippen LogP contribution in [0.5, 0.6) is 0 Å². The van der Waals surface area contributed by atoms with Crippen molar-refractivity contribution in [3.05, 3.63) is 100 Å². The molecule has 0 spiro atoms. The molecule has 7 rings (SSSR count). The molecule has 242 valence electrons. The summed E-state index contributed by atoms with van der Waals surface area (Å²) in [5.74, 6) is -1.82. The zero-order valence-corrected chi connectivity index (χ0v) is 26.3. The number of piperazine rings is 1. The van der Waals surface area contributed by atoms with Crippen LogP contribution in [0.2, 0.25) is 0 Å². The zero-order valence-electron chi connectivity index (χ0n) is 26.3. The third kappa shape index (κ3) is 5.17. The Morgan fingerprint density at radius 1 is 1.17 bits per heavy atom. The van der Waals surface area contributed by atoms with E-state index in [4.69, 9.17) is 4.98 Å². The highest BCUT2D eigenvalue weighted by Gasteiger charge is 2.33. The molecule has 1 aromatic carbocycles. The Hall–Kier alpha value is -5.84. The third-order valence-corrected chi connectivity index (χ3v) is 8.80. The fourth-order valence-corrected chi connectivity index (χ4v) is 6.63. The Bertz CT molecular complexity index is 2220. The molecule has 4 aromatic heterocycles. The first kappa shape index (κ1) is 30.8. The van der Waals surface area contributed by atoms with Crippen LogP contribution in [0.25, 0.3) is 28.0 Å². The number of fused-ring (bicyclic) bond motifs is 7. The highest BCUT2D eigenvalue weighted by Crippen LogP contribution is 2.36. The van der Waals surface area contributed by atoms with Gasteiger partial charge in [-0.2, -0.15) is 10.2 Å². The van der Waals surface area contributed by atoms with E-state index >= 15 is 8.78 Å². The molecule has 1 saturated heterocycles. The van der Waals surface area contributed by atoms with Crippen LogP contribution >= 0.6 is 0 Å². The van der Waals surface area contributed by atoms with Crippen LogP contribution in [0.15, 0.2) is 60.2 Å². The van der Waals surface area contributed by atoms with E-state index < -0.39 is 23.4 Å². The van der Waals surface area contributed by atoms with Crippen molar-refractivity contribution >= 4 is 22.8 Å². The maximum Gasteiger partial charge on any atom is 0.355 e. The van der Waals surface area contributed by atoms with E-state index in [1.54, 1.807) is 45.1 Å². The fourth-order valence-electron chi connectivity index (χ4n) is 6.63. The summed E-state index contributed by atoms with van der Waals surface area (Å²) in [4.78, 5) is 44.1. The topological polar surface area (TPSA) is 139 Å². The van der Waals surface area contributed by atoms with Gasteiger partial charge < -0.3 is 9.80 Å². The lowest BCUT2D eigenvalue weighted by molar-refractivity contribution is -0.128. The normalized spacial score (nSPS) is 15.7.